The molecule has 0 saturated carbocycles. The predicted molar refractivity (Wildman–Crippen MR) is 51.7 cm³/mol. The Morgan fingerprint density at radius 3 is 2.77 bits per heavy atom. The van der Waals surface area contributed by atoms with Gasteiger partial charge in [0.15, 0.2) is 6.20 Å². The Morgan fingerprint density at radius 2 is 2.00 bits per heavy atom. The maximum Gasteiger partial charge on any atom is 0.247 e. The second-order valence-electron chi connectivity index (χ2n) is 2.88. The van der Waals surface area contributed by atoms with E-state index in [1.165, 1.54) is 6.20 Å². The van der Waals surface area contributed by atoms with Gasteiger partial charge in [0.2, 0.25) is 5.52 Å². The molecule has 0 aliphatic rings. The molecule has 4 N–H and O–H groups in total. The van der Waals surface area contributed by atoms with Crippen molar-refractivity contribution in [3.63, 3.8) is 0 Å². The Kier molecular flexibility index (Phi) is 1.48. The normalized spacial score (nSPS) is 10.5. The minimum absolute atomic E-state index is 0.408. The van der Waals surface area contributed by atoms with E-state index in [1.807, 2.05) is 0 Å². The van der Waals surface area contributed by atoms with Crippen LogP contribution < -0.4 is 16.2 Å². The van der Waals surface area contributed by atoms with E-state index in [1.54, 1.807) is 24.3 Å². The van der Waals surface area contributed by atoms with Gasteiger partial charge >= 0.3 is 0 Å². The largest absolute Gasteiger partial charge is 0.618 e. The lowest BCUT2D eigenvalue weighted by molar-refractivity contribution is -0.576. The molecular formula is C9H9N3O. The van der Waals surface area contributed by atoms with Crippen LogP contribution in [0.5, 0.6) is 0 Å². The summed E-state index contributed by atoms with van der Waals surface area (Å²) < 4.78 is 0.740. The van der Waals surface area contributed by atoms with E-state index in [-0.39, 0.29) is 0 Å². The molecule has 66 valence electrons. The summed E-state index contributed by atoms with van der Waals surface area (Å²) in [5.74, 6) is 0. The third-order valence-electron chi connectivity index (χ3n) is 1.91. The van der Waals surface area contributed by atoms with Crippen LogP contribution in [0.4, 0.5) is 11.4 Å². The lowest BCUT2D eigenvalue weighted by Crippen LogP contribution is -2.26. The molecule has 0 fully saturated rings. The average molecular weight is 175 g/mol. The van der Waals surface area contributed by atoms with Crippen molar-refractivity contribution < 1.29 is 4.73 Å². The van der Waals surface area contributed by atoms with Crippen LogP contribution in [0.2, 0.25) is 0 Å². The summed E-state index contributed by atoms with van der Waals surface area (Å²) >= 11 is 0. The van der Waals surface area contributed by atoms with Crippen LogP contribution in [-0.4, -0.2) is 0 Å². The van der Waals surface area contributed by atoms with Crippen molar-refractivity contribution >= 4 is 22.3 Å². The van der Waals surface area contributed by atoms with Gasteiger partial charge in [-0.3, -0.25) is 0 Å². The zero-order valence-electron chi connectivity index (χ0n) is 6.90. The molecule has 0 aliphatic carbocycles. The Morgan fingerprint density at radius 1 is 1.23 bits per heavy atom. The van der Waals surface area contributed by atoms with E-state index < -0.39 is 0 Å². The molecule has 4 heteroatoms. The van der Waals surface area contributed by atoms with Crippen LogP contribution in [0.1, 0.15) is 0 Å². The average Bonchev–Trinajstić information content (AvgIpc) is 2.02. The van der Waals surface area contributed by atoms with Gasteiger partial charge in [-0.25, -0.2) is 0 Å². The third kappa shape index (κ3) is 1.12. The summed E-state index contributed by atoms with van der Waals surface area (Å²) in [6.07, 6.45) is 1.41. The van der Waals surface area contributed by atoms with Crippen LogP contribution >= 0.6 is 0 Å². The number of nitrogen functional groups attached to an aromatic ring is 2. The van der Waals surface area contributed by atoms with Crippen LogP contribution in [0.25, 0.3) is 10.9 Å². The molecule has 0 radical (unpaired) electrons. The molecule has 0 spiro atoms. The lowest BCUT2D eigenvalue weighted by Gasteiger charge is -2.04. The van der Waals surface area contributed by atoms with E-state index in [0.29, 0.717) is 16.9 Å². The fourth-order valence-corrected chi connectivity index (χ4v) is 1.39. The molecule has 0 amide bonds. The molecule has 1 heterocycles. The molecule has 0 unspecified atom stereocenters. The van der Waals surface area contributed by atoms with Crippen molar-refractivity contribution in [3.05, 3.63) is 35.7 Å². The van der Waals surface area contributed by atoms with Crippen molar-refractivity contribution in [1.29, 1.82) is 0 Å². The summed E-state index contributed by atoms with van der Waals surface area (Å²) in [5, 5.41) is 12.1. The molecule has 0 aliphatic heterocycles. The lowest BCUT2D eigenvalue weighted by atomic mass is 10.2. The van der Waals surface area contributed by atoms with Crippen molar-refractivity contribution in [1.82, 2.24) is 0 Å². The van der Waals surface area contributed by atoms with Crippen molar-refractivity contribution in [2.24, 2.45) is 0 Å². The van der Waals surface area contributed by atoms with Gasteiger partial charge in [-0.1, -0.05) is 0 Å². The van der Waals surface area contributed by atoms with Crippen LogP contribution in [0.3, 0.4) is 0 Å². The number of rotatable bonds is 0. The monoisotopic (exact) mass is 175 g/mol. The van der Waals surface area contributed by atoms with E-state index in [0.717, 1.165) is 10.1 Å². The number of nitrogens with two attached hydrogens (primary N) is 2. The van der Waals surface area contributed by atoms with Gasteiger partial charge in [-0.05, 0) is 18.2 Å². The Balaban J connectivity index is 2.94. The number of nitrogens with zero attached hydrogens (tertiary/aromatic N) is 1. The Bertz CT molecular complexity index is 468. The number of fused-ring (bicyclic) bond motifs is 1. The summed E-state index contributed by atoms with van der Waals surface area (Å²) in [4.78, 5) is 0. The molecule has 2 rings (SSSR count). The predicted octanol–water partition coefficient (Wildman–Crippen LogP) is 0.638. The molecule has 13 heavy (non-hydrogen) atoms. The SMILES string of the molecule is Nc1cc(N)c2c(ccc[n+]2[O-])c1. The highest BCUT2D eigenvalue weighted by Gasteiger charge is 2.07. The molecule has 1 aromatic carbocycles. The maximum atomic E-state index is 11.3. The molecule has 0 saturated heterocycles. The van der Waals surface area contributed by atoms with Gasteiger partial charge < -0.3 is 16.7 Å². The molecule has 1 aromatic heterocycles. The minimum Gasteiger partial charge on any atom is -0.618 e. The van der Waals surface area contributed by atoms with Gasteiger partial charge in [-0.15, -0.1) is 0 Å². The molecule has 2 aromatic rings. The van der Waals surface area contributed by atoms with Crippen molar-refractivity contribution in [3.8, 4) is 0 Å². The third-order valence-corrected chi connectivity index (χ3v) is 1.91. The van der Waals surface area contributed by atoms with E-state index in [4.69, 9.17) is 11.5 Å². The van der Waals surface area contributed by atoms with Crippen molar-refractivity contribution in [2.45, 2.75) is 0 Å². The first-order chi connectivity index (χ1) is 6.18. The topological polar surface area (TPSA) is 79.0 Å². The van der Waals surface area contributed by atoms with Crippen LogP contribution in [0, 0.1) is 5.21 Å². The number of aromatic nitrogens is 1. The fourth-order valence-electron chi connectivity index (χ4n) is 1.39. The van der Waals surface area contributed by atoms with Gasteiger partial charge in [0.05, 0.1) is 5.39 Å². The second-order valence-corrected chi connectivity index (χ2v) is 2.88. The molecule has 0 atom stereocenters. The smallest absolute Gasteiger partial charge is 0.247 e. The molecule has 0 bridgehead atoms. The number of pyridine rings is 1. The zero-order chi connectivity index (χ0) is 9.42. The summed E-state index contributed by atoms with van der Waals surface area (Å²) in [6, 6.07) is 6.77. The van der Waals surface area contributed by atoms with E-state index in [2.05, 4.69) is 0 Å². The Hall–Kier alpha value is -1.97. The van der Waals surface area contributed by atoms with Gasteiger partial charge in [0.25, 0.3) is 0 Å². The number of hydrogen-bond donors (Lipinski definition) is 2. The first-order valence-electron chi connectivity index (χ1n) is 3.85. The van der Waals surface area contributed by atoms with Crippen molar-refractivity contribution in [2.75, 3.05) is 11.5 Å². The standard InChI is InChI=1S/C9H9N3O/c10-7-4-6-2-1-3-12(13)9(6)8(11)5-7/h1-5H,10-11H2. The highest BCUT2D eigenvalue weighted by Crippen LogP contribution is 2.20. The molecular weight excluding hydrogens is 166 g/mol. The quantitative estimate of drug-likeness (QED) is 0.350. The number of anilines is 2. The fraction of sp³-hybridized carbons (Fsp3) is 0. The highest BCUT2D eigenvalue weighted by atomic mass is 16.5. The van der Waals surface area contributed by atoms with Crippen LogP contribution in [0.15, 0.2) is 30.5 Å². The Labute approximate surface area is 75.0 Å². The zero-order valence-corrected chi connectivity index (χ0v) is 6.90. The second kappa shape index (κ2) is 2.52. The van der Waals surface area contributed by atoms with Crippen LogP contribution in [-0.2, 0) is 0 Å². The first-order valence-corrected chi connectivity index (χ1v) is 3.85. The minimum atomic E-state index is 0.408. The molecule has 4 nitrogen and oxygen atoms in total. The van der Waals surface area contributed by atoms with E-state index >= 15 is 0 Å². The number of hydrogen-bond acceptors (Lipinski definition) is 3. The summed E-state index contributed by atoms with van der Waals surface area (Å²) in [6.45, 7) is 0. The number of benzene rings is 1. The first kappa shape index (κ1) is 7.67. The maximum absolute atomic E-state index is 11.3. The van der Waals surface area contributed by atoms with Gasteiger partial charge in [0, 0.05) is 11.8 Å². The van der Waals surface area contributed by atoms with E-state index in [9.17, 15) is 5.21 Å². The summed E-state index contributed by atoms with van der Waals surface area (Å²) in [5.41, 5.74) is 12.7. The van der Waals surface area contributed by atoms with Gasteiger partial charge in [-0.2, -0.15) is 4.73 Å². The van der Waals surface area contributed by atoms with Gasteiger partial charge in [0.1, 0.15) is 5.69 Å². The summed E-state index contributed by atoms with van der Waals surface area (Å²) in [7, 11) is 0. The highest BCUT2D eigenvalue weighted by molar-refractivity contribution is 5.89.